The van der Waals surface area contributed by atoms with Crippen LogP contribution in [0.4, 0.5) is 0 Å². The number of nitrogens with zero attached hydrogens (tertiary/aromatic N) is 1. The van der Waals surface area contributed by atoms with Gasteiger partial charge >= 0.3 is 0 Å². The molecule has 0 aromatic rings. The van der Waals surface area contributed by atoms with Crippen LogP contribution in [-0.2, 0) is 9.59 Å². The van der Waals surface area contributed by atoms with Crippen LogP contribution in [0.1, 0.15) is 39.0 Å². The van der Waals surface area contributed by atoms with Gasteiger partial charge in [0.25, 0.3) is 0 Å². The molecule has 1 saturated carbocycles. The maximum Gasteiger partial charge on any atom is 0.234 e. The predicted octanol–water partition coefficient (Wildman–Crippen LogP) is 1.57. The third-order valence-electron chi connectivity index (χ3n) is 3.69. The summed E-state index contributed by atoms with van der Waals surface area (Å²) in [6.45, 7) is 2.01. The van der Waals surface area contributed by atoms with Crippen molar-refractivity contribution >= 4 is 11.8 Å². The first-order valence-electron chi connectivity index (χ1n) is 6.03. The average Bonchev–Trinajstić information content (AvgIpc) is 2.83. The van der Waals surface area contributed by atoms with Crippen LogP contribution in [0.25, 0.3) is 0 Å². The molecule has 2 fully saturated rings. The molecule has 1 aliphatic heterocycles. The fourth-order valence-corrected chi connectivity index (χ4v) is 2.88. The van der Waals surface area contributed by atoms with E-state index in [1.807, 2.05) is 6.92 Å². The third-order valence-corrected chi connectivity index (χ3v) is 3.69. The summed E-state index contributed by atoms with van der Waals surface area (Å²) in [7, 11) is 0. The van der Waals surface area contributed by atoms with E-state index in [-0.39, 0.29) is 29.7 Å². The van der Waals surface area contributed by atoms with Crippen LogP contribution in [0.5, 0.6) is 0 Å². The van der Waals surface area contributed by atoms with E-state index in [2.05, 4.69) is 5.92 Å². The van der Waals surface area contributed by atoms with E-state index < -0.39 is 0 Å². The Balaban J connectivity index is 2.20. The highest BCUT2D eigenvalue weighted by atomic mass is 16.2. The van der Waals surface area contributed by atoms with Gasteiger partial charge in [0.1, 0.15) is 6.04 Å². The van der Waals surface area contributed by atoms with Gasteiger partial charge in [0.2, 0.25) is 11.8 Å². The van der Waals surface area contributed by atoms with Gasteiger partial charge < -0.3 is 0 Å². The molecule has 0 spiro atoms. The first kappa shape index (κ1) is 11.2. The molecule has 0 aromatic heterocycles. The van der Waals surface area contributed by atoms with Gasteiger partial charge in [0.15, 0.2) is 0 Å². The summed E-state index contributed by atoms with van der Waals surface area (Å²) in [4.78, 5) is 25.5. The lowest BCUT2D eigenvalue weighted by Gasteiger charge is -2.22. The van der Waals surface area contributed by atoms with E-state index in [0.29, 0.717) is 6.42 Å². The standard InChI is InChI=1S/C13H17NO2/c1-3-6-9(4-2)14-12(15)10-7-5-8-11(10)13(14)16/h2,9-11H,3,5-8H2,1H3. The number of terminal acetylenes is 1. The van der Waals surface area contributed by atoms with E-state index in [4.69, 9.17) is 6.42 Å². The summed E-state index contributed by atoms with van der Waals surface area (Å²) >= 11 is 0. The van der Waals surface area contributed by atoms with Crippen molar-refractivity contribution in [3.63, 3.8) is 0 Å². The summed E-state index contributed by atoms with van der Waals surface area (Å²) < 4.78 is 0. The first-order chi connectivity index (χ1) is 7.70. The van der Waals surface area contributed by atoms with Crippen LogP contribution >= 0.6 is 0 Å². The molecular formula is C13H17NO2. The van der Waals surface area contributed by atoms with Gasteiger partial charge in [-0.1, -0.05) is 25.7 Å². The number of hydrogen-bond acceptors (Lipinski definition) is 2. The largest absolute Gasteiger partial charge is 0.274 e. The summed E-state index contributed by atoms with van der Waals surface area (Å²) in [6, 6.07) is -0.324. The normalized spacial score (nSPS) is 30.4. The number of fused-ring (bicyclic) bond motifs is 1. The van der Waals surface area contributed by atoms with Crippen molar-refractivity contribution in [3.8, 4) is 12.3 Å². The first-order valence-corrected chi connectivity index (χ1v) is 6.03. The number of rotatable bonds is 3. The zero-order valence-electron chi connectivity index (χ0n) is 9.61. The van der Waals surface area contributed by atoms with E-state index in [1.165, 1.54) is 4.90 Å². The van der Waals surface area contributed by atoms with Gasteiger partial charge in [-0.3, -0.25) is 14.5 Å². The maximum atomic E-state index is 12.1. The Kier molecular flexibility index (Phi) is 3.00. The lowest BCUT2D eigenvalue weighted by Crippen LogP contribution is -2.40. The number of amides is 2. The SMILES string of the molecule is C#CC(CCC)N1C(=O)C2CCCC2C1=O. The van der Waals surface area contributed by atoms with Crippen molar-refractivity contribution in [2.24, 2.45) is 11.8 Å². The van der Waals surface area contributed by atoms with Crippen molar-refractivity contribution in [2.75, 3.05) is 0 Å². The van der Waals surface area contributed by atoms with Crippen molar-refractivity contribution in [1.82, 2.24) is 4.90 Å². The molecular weight excluding hydrogens is 202 g/mol. The van der Waals surface area contributed by atoms with Crippen LogP contribution in [0.2, 0.25) is 0 Å². The molecule has 2 amide bonds. The molecule has 1 heterocycles. The van der Waals surface area contributed by atoms with E-state index in [0.717, 1.165) is 25.7 Å². The average molecular weight is 219 g/mol. The topological polar surface area (TPSA) is 37.4 Å². The molecule has 0 bridgehead atoms. The minimum Gasteiger partial charge on any atom is -0.274 e. The van der Waals surface area contributed by atoms with E-state index in [1.54, 1.807) is 0 Å². The van der Waals surface area contributed by atoms with E-state index >= 15 is 0 Å². The van der Waals surface area contributed by atoms with Gasteiger partial charge in [0.05, 0.1) is 11.8 Å². The molecule has 0 N–H and O–H groups in total. The van der Waals surface area contributed by atoms with Gasteiger partial charge in [-0.15, -0.1) is 6.42 Å². The Morgan fingerprint density at radius 1 is 1.38 bits per heavy atom. The zero-order chi connectivity index (χ0) is 11.7. The van der Waals surface area contributed by atoms with E-state index in [9.17, 15) is 9.59 Å². The van der Waals surface area contributed by atoms with Gasteiger partial charge in [-0.2, -0.15) is 0 Å². The molecule has 1 saturated heterocycles. The van der Waals surface area contributed by atoms with Gasteiger partial charge in [-0.25, -0.2) is 0 Å². The number of hydrogen-bond donors (Lipinski definition) is 0. The molecule has 3 heteroatoms. The fraction of sp³-hybridized carbons (Fsp3) is 0.692. The summed E-state index contributed by atoms with van der Waals surface area (Å²) in [5, 5.41) is 0. The van der Waals surface area contributed by atoms with Crippen molar-refractivity contribution in [2.45, 2.75) is 45.1 Å². The molecule has 0 aromatic carbocycles. The van der Waals surface area contributed by atoms with Crippen molar-refractivity contribution < 1.29 is 9.59 Å². The number of imide groups is 1. The highest BCUT2D eigenvalue weighted by Gasteiger charge is 2.51. The molecule has 1 aliphatic carbocycles. The molecule has 16 heavy (non-hydrogen) atoms. The third kappa shape index (κ3) is 1.53. The van der Waals surface area contributed by atoms with Gasteiger partial charge in [-0.05, 0) is 19.3 Å². The van der Waals surface area contributed by atoms with Crippen molar-refractivity contribution in [1.29, 1.82) is 0 Å². The van der Waals surface area contributed by atoms with Crippen LogP contribution < -0.4 is 0 Å². The smallest absolute Gasteiger partial charge is 0.234 e. The Hall–Kier alpha value is -1.30. The van der Waals surface area contributed by atoms with Crippen LogP contribution in [0.15, 0.2) is 0 Å². The van der Waals surface area contributed by atoms with Crippen LogP contribution in [-0.4, -0.2) is 22.8 Å². The Labute approximate surface area is 96.2 Å². The Bertz CT molecular complexity index is 333. The number of carbonyl (C=O) groups excluding carboxylic acids is 2. The van der Waals surface area contributed by atoms with Gasteiger partial charge in [0, 0.05) is 0 Å². The summed E-state index contributed by atoms with van der Waals surface area (Å²) in [5.74, 6) is 2.39. The molecule has 86 valence electrons. The Morgan fingerprint density at radius 3 is 2.38 bits per heavy atom. The second-order valence-corrected chi connectivity index (χ2v) is 4.66. The molecule has 2 aliphatic rings. The zero-order valence-corrected chi connectivity index (χ0v) is 9.61. The molecule has 3 nitrogen and oxygen atoms in total. The lowest BCUT2D eigenvalue weighted by atomic mass is 10.00. The minimum atomic E-state index is -0.324. The molecule has 3 unspecified atom stereocenters. The molecule has 0 radical (unpaired) electrons. The minimum absolute atomic E-state index is 0.0242. The molecule has 3 atom stereocenters. The second kappa shape index (κ2) is 4.29. The monoisotopic (exact) mass is 219 g/mol. The Morgan fingerprint density at radius 2 is 1.94 bits per heavy atom. The highest BCUT2D eigenvalue weighted by molar-refractivity contribution is 6.06. The number of carbonyl (C=O) groups is 2. The van der Waals surface area contributed by atoms with Crippen LogP contribution in [0.3, 0.4) is 0 Å². The van der Waals surface area contributed by atoms with Crippen molar-refractivity contribution in [3.05, 3.63) is 0 Å². The molecule has 2 rings (SSSR count). The van der Waals surface area contributed by atoms with Crippen LogP contribution in [0, 0.1) is 24.2 Å². The second-order valence-electron chi connectivity index (χ2n) is 4.66. The summed E-state index contributed by atoms with van der Waals surface area (Å²) in [5.41, 5.74) is 0. The lowest BCUT2D eigenvalue weighted by molar-refractivity contribution is -0.141. The highest BCUT2D eigenvalue weighted by Crippen LogP contribution is 2.40. The fourth-order valence-electron chi connectivity index (χ4n) is 2.88. The maximum absolute atomic E-state index is 12.1. The quantitative estimate of drug-likeness (QED) is 0.534. The predicted molar refractivity (Wildman–Crippen MR) is 60.2 cm³/mol. The number of likely N-dealkylation sites (tertiary alicyclic amines) is 1. The summed E-state index contributed by atoms with van der Waals surface area (Å²) in [6.07, 6.45) is 9.73.